The number of halogens is 6. The molecule has 0 aliphatic carbocycles. The summed E-state index contributed by atoms with van der Waals surface area (Å²) >= 11 is 0. The average molecular weight is 559 g/mol. The molecule has 0 fully saturated rings. The van der Waals surface area contributed by atoms with E-state index in [2.05, 4.69) is 9.72 Å². The first-order valence-electron chi connectivity index (χ1n) is 10.4. The van der Waals surface area contributed by atoms with Crippen LogP contribution >= 0.6 is 0 Å². The fourth-order valence-corrected chi connectivity index (χ4v) is 5.01. The Balaban J connectivity index is 1.85. The van der Waals surface area contributed by atoms with Gasteiger partial charge in [-0.25, -0.2) is 13.2 Å². The summed E-state index contributed by atoms with van der Waals surface area (Å²) in [7, 11) is -4.10. The summed E-state index contributed by atoms with van der Waals surface area (Å²) in [6.07, 6.45) is -9.58. The number of benzene rings is 3. The maximum absolute atomic E-state index is 13.8. The predicted octanol–water partition coefficient (Wildman–Crippen LogP) is 6.29. The van der Waals surface area contributed by atoms with Crippen molar-refractivity contribution < 1.29 is 54.1 Å². The molecule has 0 saturated carbocycles. The molecule has 4 aromatic rings. The van der Waals surface area contributed by atoms with Gasteiger partial charge in [-0.05, 0) is 42.5 Å². The molecule has 0 spiro atoms. The fraction of sp³-hybridized carbons (Fsp3) is 0.125. The van der Waals surface area contributed by atoms with Gasteiger partial charge in [0.15, 0.2) is 12.4 Å². The molecule has 38 heavy (non-hydrogen) atoms. The standard InChI is InChI=1S/C24H15F6NO6S/c25-23(26,27)17-9-14(36-12-21(32)33)10-18(24(28,29)30)22(17)37-13-6-7-19-16(8-13)20(11-31-19)38(34,35)15-4-2-1-3-5-15/h1-11,31H,12H2,(H,32,33). The van der Waals surface area contributed by atoms with E-state index in [1.54, 1.807) is 6.07 Å². The fourth-order valence-electron chi connectivity index (χ4n) is 3.57. The Morgan fingerprint density at radius 2 is 1.47 bits per heavy atom. The van der Waals surface area contributed by atoms with E-state index in [1.807, 2.05) is 0 Å². The van der Waals surface area contributed by atoms with Crippen LogP contribution in [-0.4, -0.2) is 31.1 Å². The van der Waals surface area contributed by atoms with E-state index in [0.717, 1.165) is 18.3 Å². The maximum atomic E-state index is 13.8. The molecule has 0 unspecified atom stereocenters. The number of alkyl halides is 6. The summed E-state index contributed by atoms with van der Waals surface area (Å²) in [4.78, 5) is 13.0. The molecule has 0 bridgehead atoms. The van der Waals surface area contributed by atoms with Crippen LogP contribution in [0, 0.1) is 0 Å². The molecule has 3 aromatic carbocycles. The number of ether oxygens (including phenoxy) is 2. The first kappa shape index (κ1) is 26.9. The van der Waals surface area contributed by atoms with Crippen LogP contribution in [0.4, 0.5) is 26.3 Å². The molecule has 14 heteroatoms. The van der Waals surface area contributed by atoms with Crippen molar-refractivity contribution in [3.63, 3.8) is 0 Å². The quantitative estimate of drug-likeness (QED) is 0.258. The maximum Gasteiger partial charge on any atom is 0.420 e. The second-order valence-corrected chi connectivity index (χ2v) is 9.72. The summed E-state index contributed by atoms with van der Waals surface area (Å²) in [6, 6.07) is 10.9. The highest BCUT2D eigenvalue weighted by Crippen LogP contribution is 2.48. The number of carbonyl (C=O) groups is 1. The minimum Gasteiger partial charge on any atom is -0.482 e. The Bertz CT molecular complexity index is 1580. The van der Waals surface area contributed by atoms with Crippen LogP contribution in [0.25, 0.3) is 10.9 Å². The van der Waals surface area contributed by atoms with Crippen LogP contribution in [0.2, 0.25) is 0 Å². The number of H-pyrrole nitrogens is 1. The van der Waals surface area contributed by atoms with Crippen molar-refractivity contribution in [3.05, 3.63) is 78.0 Å². The van der Waals surface area contributed by atoms with Crippen LogP contribution in [-0.2, 0) is 27.0 Å². The van der Waals surface area contributed by atoms with Crippen molar-refractivity contribution in [1.82, 2.24) is 4.98 Å². The molecule has 0 saturated heterocycles. The number of fused-ring (bicyclic) bond motifs is 1. The molecule has 0 aliphatic rings. The second-order valence-electron chi connectivity index (χ2n) is 7.80. The molecular weight excluding hydrogens is 544 g/mol. The molecule has 1 heterocycles. The summed E-state index contributed by atoms with van der Waals surface area (Å²) in [6.45, 7) is -1.18. The summed E-state index contributed by atoms with van der Waals surface area (Å²) in [5.74, 6) is -4.74. The molecule has 200 valence electrons. The van der Waals surface area contributed by atoms with E-state index in [9.17, 15) is 39.6 Å². The van der Waals surface area contributed by atoms with Gasteiger partial charge in [-0.1, -0.05) is 18.2 Å². The monoisotopic (exact) mass is 559 g/mol. The number of hydrogen-bond acceptors (Lipinski definition) is 5. The van der Waals surface area contributed by atoms with Crippen LogP contribution in [0.3, 0.4) is 0 Å². The van der Waals surface area contributed by atoms with Gasteiger partial charge in [-0.3, -0.25) is 0 Å². The first-order valence-corrected chi connectivity index (χ1v) is 11.9. The highest BCUT2D eigenvalue weighted by Gasteiger charge is 2.43. The van der Waals surface area contributed by atoms with Crippen LogP contribution in [0.15, 0.2) is 76.7 Å². The third kappa shape index (κ3) is 5.39. The van der Waals surface area contributed by atoms with Gasteiger partial charge in [0.05, 0.1) is 9.79 Å². The van der Waals surface area contributed by atoms with Crippen molar-refractivity contribution in [2.75, 3.05) is 6.61 Å². The van der Waals surface area contributed by atoms with Gasteiger partial charge in [0.1, 0.15) is 22.6 Å². The highest BCUT2D eigenvalue weighted by atomic mass is 32.2. The number of aliphatic carboxylic acids is 1. The summed E-state index contributed by atoms with van der Waals surface area (Å²) in [5.41, 5.74) is -3.52. The number of sulfone groups is 1. The average Bonchev–Trinajstić information content (AvgIpc) is 3.26. The number of carboxylic acids is 1. The van der Waals surface area contributed by atoms with Crippen LogP contribution in [0.5, 0.6) is 17.2 Å². The number of aromatic nitrogens is 1. The molecule has 0 radical (unpaired) electrons. The van der Waals surface area contributed by atoms with Gasteiger partial charge in [0, 0.05) is 17.1 Å². The molecule has 0 amide bonds. The van der Waals surface area contributed by atoms with Crippen molar-refractivity contribution in [1.29, 1.82) is 0 Å². The predicted molar refractivity (Wildman–Crippen MR) is 120 cm³/mol. The minimum absolute atomic E-state index is 0.0325. The van der Waals surface area contributed by atoms with Crippen molar-refractivity contribution in [3.8, 4) is 17.2 Å². The van der Waals surface area contributed by atoms with Gasteiger partial charge >= 0.3 is 18.3 Å². The van der Waals surface area contributed by atoms with Crippen molar-refractivity contribution in [2.24, 2.45) is 0 Å². The third-order valence-corrected chi connectivity index (χ3v) is 7.02. The lowest BCUT2D eigenvalue weighted by molar-refractivity contribution is -0.145. The smallest absolute Gasteiger partial charge is 0.420 e. The van der Waals surface area contributed by atoms with E-state index in [-0.39, 0.29) is 32.8 Å². The van der Waals surface area contributed by atoms with Gasteiger partial charge in [0.25, 0.3) is 0 Å². The zero-order chi connectivity index (χ0) is 27.9. The summed E-state index contributed by atoms with van der Waals surface area (Å²) < 4.78 is 119. The van der Waals surface area contributed by atoms with Gasteiger partial charge < -0.3 is 19.6 Å². The molecule has 4 rings (SSSR count). The highest BCUT2D eigenvalue weighted by molar-refractivity contribution is 7.91. The molecular formula is C24H15F6NO6S. The van der Waals surface area contributed by atoms with E-state index >= 15 is 0 Å². The number of rotatable bonds is 7. The molecule has 2 N–H and O–H groups in total. The number of carboxylic acid groups (broad SMARTS) is 1. The van der Waals surface area contributed by atoms with E-state index in [4.69, 9.17) is 9.84 Å². The largest absolute Gasteiger partial charge is 0.482 e. The lowest BCUT2D eigenvalue weighted by atomic mass is 10.1. The van der Waals surface area contributed by atoms with Crippen LogP contribution in [0.1, 0.15) is 11.1 Å². The Morgan fingerprint density at radius 3 is 2.03 bits per heavy atom. The van der Waals surface area contributed by atoms with E-state index in [1.165, 1.54) is 30.3 Å². The number of aromatic amines is 1. The Kier molecular flexibility index (Phi) is 6.78. The third-order valence-electron chi connectivity index (χ3n) is 5.21. The van der Waals surface area contributed by atoms with E-state index < -0.39 is 63.1 Å². The zero-order valence-electron chi connectivity index (χ0n) is 18.7. The lowest BCUT2D eigenvalue weighted by Gasteiger charge is -2.20. The Morgan fingerprint density at radius 1 is 0.868 bits per heavy atom. The molecule has 0 aliphatic heterocycles. The summed E-state index contributed by atoms with van der Waals surface area (Å²) in [5, 5.41) is 8.63. The number of nitrogens with one attached hydrogen (secondary N) is 1. The second kappa shape index (κ2) is 9.59. The Hall–Kier alpha value is -4.20. The van der Waals surface area contributed by atoms with Crippen molar-refractivity contribution in [2.45, 2.75) is 22.1 Å². The Labute approximate surface area is 210 Å². The molecule has 1 aromatic heterocycles. The lowest BCUT2D eigenvalue weighted by Crippen LogP contribution is -2.16. The normalized spacial score (nSPS) is 12.5. The number of hydrogen-bond donors (Lipinski definition) is 2. The SMILES string of the molecule is O=C(O)COc1cc(C(F)(F)F)c(Oc2ccc3[nH]cc(S(=O)(=O)c4ccccc4)c3c2)c(C(F)(F)F)c1. The minimum atomic E-state index is -5.36. The molecule has 7 nitrogen and oxygen atoms in total. The first-order chi connectivity index (χ1) is 17.7. The van der Waals surface area contributed by atoms with E-state index in [0.29, 0.717) is 0 Å². The zero-order valence-corrected chi connectivity index (χ0v) is 19.5. The molecule has 0 atom stereocenters. The van der Waals surface area contributed by atoms with Crippen molar-refractivity contribution >= 4 is 26.7 Å². The van der Waals surface area contributed by atoms with Crippen LogP contribution < -0.4 is 9.47 Å². The topological polar surface area (TPSA) is 106 Å². The van der Waals surface area contributed by atoms with Gasteiger partial charge in [-0.2, -0.15) is 26.3 Å². The van der Waals surface area contributed by atoms with Gasteiger partial charge in [0.2, 0.25) is 9.84 Å². The van der Waals surface area contributed by atoms with Gasteiger partial charge in [-0.15, -0.1) is 0 Å².